The molecule has 0 radical (unpaired) electrons. The molecule has 0 spiro atoms. The number of pyridine rings is 1. The molecule has 0 saturated heterocycles. The van der Waals surface area contributed by atoms with Gasteiger partial charge in [0.05, 0.1) is 12.0 Å². The van der Waals surface area contributed by atoms with Gasteiger partial charge in [-0.1, -0.05) is 31.2 Å². The van der Waals surface area contributed by atoms with Crippen LogP contribution >= 0.6 is 0 Å². The summed E-state index contributed by atoms with van der Waals surface area (Å²) in [5.41, 5.74) is 10.8. The van der Waals surface area contributed by atoms with Crippen molar-refractivity contribution in [2.45, 2.75) is 52.7 Å². The quantitative estimate of drug-likeness (QED) is 0.317. The highest BCUT2D eigenvalue weighted by atomic mass is 16.6. The highest BCUT2D eigenvalue weighted by molar-refractivity contribution is 5.98. The lowest BCUT2D eigenvalue weighted by Gasteiger charge is -2.32. The third-order valence-electron chi connectivity index (χ3n) is 7.60. The Morgan fingerprint density at radius 1 is 1.08 bits per heavy atom. The number of carbonyl (C=O) groups excluding carboxylic acids is 2. The van der Waals surface area contributed by atoms with Gasteiger partial charge in [-0.15, -0.1) is 0 Å². The first-order valence-corrected chi connectivity index (χ1v) is 13.3. The number of carbonyl (C=O) groups is 2. The molecule has 4 aromatic rings. The Morgan fingerprint density at radius 2 is 1.84 bits per heavy atom. The number of esters is 1. The number of benzene rings is 2. The molecule has 2 N–H and O–H groups in total. The third kappa shape index (κ3) is 3.85. The van der Waals surface area contributed by atoms with Crippen LogP contribution in [-0.2, 0) is 28.1 Å². The SMILES string of the molecule is CCCn1c(C)c(C2(c3ccc(N(CC)CC)cc3CC(N)=O)OC(=O)c3cccnc32)c2ccccc21. The maximum absolute atomic E-state index is 13.4. The standard InChI is InChI=1S/C31H34N4O3/c1-5-17-35-20(4)28(23-11-8-9-13-26(23)35)31(29-24(30(37)38-31)12-10-16-33-29)25-15-14-22(34(6-2)7-3)18-21(25)19-27(32)36/h8-16,18H,5-7,17,19H2,1-4H3,(H2,32,36). The molecule has 5 rings (SSSR count). The smallest absolute Gasteiger partial charge is 0.341 e. The number of cyclic esters (lactones) is 1. The van der Waals surface area contributed by atoms with E-state index in [4.69, 9.17) is 15.5 Å². The van der Waals surface area contributed by atoms with Crippen LogP contribution in [0.15, 0.2) is 60.8 Å². The van der Waals surface area contributed by atoms with Crippen molar-refractivity contribution < 1.29 is 14.3 Å². The zero-order valence-corrected chi connectivity index (χ0v) is 22.5. The van der Waals surface area contributed by atoms with Crippen LogP contribution in [0.3, 0.4) is 0 Å². The predicted molar refractivity (Wildman–Crippen MR) is 149 cm³/mol. The van der Waals surface area contributed by atoms with Gasteiger partial charge < -0.3 is 19.9 Å². The van der Waals surface area contributed by atoms with E-state index in [9.17, 15) is 9.59 Å². The van der Waals surface area contributed by atoms with Crippen molar-refractivity contribution in [2.75, 3.05) is 18.0 Å². The van der Waals surface area contributed by atoms with E-state index in [-0.39, 0.29) is 6.42 Å². The van der Waals surface area contributed by atoms with Crippen LogP contribution in [-0.4, -0.2) is 34.5 Å². The normalized spacial score (nSPS) is 16.5. The molecule has 7 nitrogen and oxygen atoms in total. The summed E-state index contributed by atoms with van der Waals surface area (Å²) in [6.45, 7) is 10.9. The first kappa shape index (κ1) is 25.5. The Kier molecular flexibility index (Phi) is 6.69. The van der Waals surface area contributed by atoms with Crippen molar-refractivity contribution in [3.63, 3.8) is 0 Å². The molecule has 196 valence electrons. The van der Waals surface area contributed by atoms with Crippen LogP contribution in [0.5, 0.6) is 0 Å². The molecule has 0 fully saturated rings. The van der Waals surface area contributed by atoms with Crippen molar-refractivity contribution >= 4 is 28.5 Å². The van der Waals surface area contributed by atoms with Crippen LogP contribution in [0.25, 0.3) is 10.9 Å². The summed E-state index contributed by atoms with van der Waals surface area (Å²) in [5.74, 6) is -0.883. The number of fused-ring (bicyclic) bond motifs is 2. The number of nitrogens with zero attached hydrogens (tertiary/aromatic N) is 3. The zero-order valence-electron chi connectivity index (χ0n) is 22.5. The molecule has 2 aromatic heterocycles. The van der Waals surface area contributed by atoms with E-state index in [1.807, 2.05) is 30.3 Å². The third-order valence-corrected chi connectivity index (χ3v) is 7.60. The Hall–Kier alpha value is -4.13. The van der Waals surface area contributed by atoms with E-state index in [0.29, 0.717) is 16.8 Å². The Bertz CT molecular complexity index is 1540. The minimum atomic E-state index is -1.33. The number of ether oxygens (including phenoxy) is 1. The molecule has 0 aliphatic carbocycles. The fourth-order valence-electron chi connectivity index (χ4n) is 6.01. The molecule has 1 amide bonds. The maximum Gasteiger partial charge on any atom is 0.341 e. The average Bonchev–Trinajstić information content (AvgIpc) is 3.36. The maximum atomic E-state index is 13.4. The van der Waals surface area contributed by atoms with Crippen molar-refractivity contribution in [2.24, 2.45) is 5.73 Å². The molecular formula is C31H34N4O3. The molecule has 1 atom stereocenters. The minimum Gasteiger partial charge on any atom is -0.439 e. The van der Waals surface area contributed by atoms with Crippen molar-refractivity contribution in [3.05, 3.63) is 94.4 Å². The number of rotatable bonds is 9. The second-order valence-corrected chi connectivity index (χ2v) is 9.76. The molecule has 0 bridgehead atoms. The first-order chi connectivity index (χ1) is 18.4. The highest BCUT2D eigenvalue weighted by Gasteiger charge is 2.53. The topological polar surface area (TPSA) is 90.5 Å². The number of aryl methyl sites for hydroxylation is 1. The van der Waals surface area contributed by atoms with Crippen molar-refractivity contribution in [1.29, 1.82) is 0 Å². The number of hydrogen-bond acceptors (Lipinski definition) is 5. The molecule has 1 aliphatic heterocycles. The fraction of sp³-hybridized carbons (Fsp3) is 0.323. The van der Waals surface area contributed by atoms with Crippen LogP contribution in [0.4, 0.5) is 5.69 Å². The number of aromatic nitrogens is 2. The summed E-state index contributed by atoms with van der Waals surface area (Å²) in [7, 11) is 0. The minimum absolute atomic E-state index is 0.0125. The fourth-order valence-corrected chi connectivity index (χ4v) is 6.01. The number of nitrogens with two attached hydrogens (primary N) is 1. The summed E-state index contributed by atoms with van der Waals surface area (Å²) in [4.78, 5) is 32.8. The van der Waals surface area contributed by atoms with E-state index < -0.39 is 17.5 Å². The molecule has 0 saturated carbocycles. The van der Waals surface area contributed by atoms with Crippen LogP contribution < -0.4 is 10.6 Å². The van der Waals surface area contributed by atoms with E-state index >= 15 is 0 Å². The molecule has 3 heterocycles. The van der Waals surface area contributed by atoms with E-state index in [2.05, 4.69) is 49.3 Å². The van der Waals surface area contributed by atoms with Crippen LogP contribution in [0.1, 0.15) is 65.6 Å². The molecule has 38 heavy (non-hydrogen) atoms. The highest BCUT2D eigenvalue weighted by Crippen LogP contribution is 2.51. The lowest BCUT2D eigenvalue weighted by Crippen LogP contribution is -2.33. The van der Waals surface area contributed by atoms with Crippen LogP contribution in [0, 0.1) is 6.92 Å². The van der Waals surface area contributed by atoms with Gasteiger partial charge in [0.25, 0.3) is 0 Å². The summed E-state index contributed by atoms with van der Waals surface area (Å²) < 4.78 is 8.74. The molecular weight excluding hydrogens is 476 g/mol. The van der Waals surface area contributed by atoms with Crippen molar-refractivity contribution in [3.8, 4) is 0 Å². The van der Waals surface area contributed by atoms with Gasteiger partial charge in [-0.2, -0.15) is 0 Å². The first-order valence-electron chi connectivity index (χ1n) is 13.3. The number of primary amides is 1. The molecule has 2 aromatic carbocycles. The molecule has 1 aliphatic rings. The number of anilines is 1. The van der Waals surface area contributed by atoms with Gasteiger partial charge in [0, 0.05) is 59.2 Å². The van der Waals surface area contributed by atoms with Gasteiger partial charge in [-0.3, -0.25) is 9.78 Å². The summed E-state index contributed by atoms with van der Waals surface area (Å²) in [6.07, 6.45) is 2.65. The van der Waals surface area contributed by atoms with Crippen LogP contribution in [0.2, 0.25) is 0 Å². The van der Waals surface area contributed by atoms with E-state index in [0.717, 1.165) is 59.5 Å². The number of hydrogen-bond donors (Lipinski definition) is 1. The van der Waals surface area contributed by atoms with E-state index in [1.54, 1.807) is 18.3 Å². The number of amides is 1. The van der Waals surface area contributed by atoms with Gasteiger partial charge in [0.2, 0.25) is 11.5 Å². The monoisotopic (exact) mass is 510 g/mol. The Labute approximate surface area is 223 Å². The lowest BCUT2D eigenvalue weighted by molar-refractivity contribution is -0.117. The van der Waals surface area contributed by atoms with Gasteiger partial charge in [-0.05, 0) is 63.1 Å². The zero-order chi connectivity index (χ0) is 27.0. The number of para-hydroxylation sites is 1. The van der Waals surface area contributed by atoms with E-state index in [1.165, 1.54) is 0 Å². The predicted octanol–water partition coefficient (Wildman–Crippen LogP) is 5.09. The largest absolute Gasteiger partial charge is 0.439 e. The van der Waals surface area contributed by atoms with Gasteiger partial charge >= 0.3 is 5.97 Å². The molecule has 7 heteroatoms. The average molecular weight is 511 g/mol. The van der Waals surface area contributed by atoms with Gasteiger partial charge in [0.15, 0.2) is 0 Å². The summed E-state index contributed by atoms with van der Waals surface area (Å²) in [5, 5.41) is 0.989. The van der Waals surface area contributed by atoms with Crippen molar-refractivity contribution in [1.82, 2.24) is 9.55 Å². The second kappa shape index (κ2) is 9.97. The van der Waals surface area contributed by atoms with Gasteiger partial charge in [0.1, 0.15) is 5.69 Å². The summed E-state index contributed by atoms with van der Waals surface area (Å²) >= 11 is 0. The second-order valence-electron chi connectivity index (χ2n) is 9.76. The Morgan fingerprint density at radius 3 is 2.55 bits per heavy atom. The Balaban J connectivity index is 1.91. The van der Waals surface area contributed by atoms with Gasteiger partial charge in [-0.25, -0.2) is 4.79 Å². The molecule has 1 unspecified atom stereocenters. The summed E-state index contributed by atoms with van der Waals surface area (Å²) in [6, 6.07) is 17.7. The lowest BCUT2D eigenvalue weighted by atomic mass is 9.78.